The number of hydrogen-bond donors (Lipinski definition) is 0. The Morgan fingerprint density at radius 2 is 2.38 bits per heavy atom. The van der Waals surface area contributed by atoms with Crippen molar-refractivity contribution in [3.63, 3.8) is 0 Å². The van der Waals surface area contributed by atoms with E-state index in [4.69, 9.17) is 0 Å². The summed E-state index contributed by atoms with van der Waals surface area (Å²) in [6.07, 6.45) is 4.15. The molecule has 0 amide bonds. The third kappa shape index (κ3) is 1.24. The molecule has 2 heterocycles. The van der Waals surface area contributed by atoms with E-state index < -0.39 is 0 Å². The maximum atomic E-state index is 4.21. The molecule has 0 radical (unpaired) electrons. The van der Waals surface area contributed by atoms with Gasteiger partial charge in [-0.05, 0) is 32.1 Å². The van der Waals surface area contributed by atoms with Gasteiger partial charge >= 0.3 is 0 Å². The lowest BCUT2D eigenvalue weighted by Crippen LogP contribution is -2.31. The van der Waals surface area contributed by atoms with E-state index in [-0.39, 0.29) is 0 Å². The smallest absolute Gasteiger partial charge is 0.208 e. The van der Waals surface area contributed by atoms with Crippen molar-refractivity contribution in [1.82, 2.24) is 10.2 Å². The van der Waals surface area contributed by atoms with E-state index in [0.29, 0.717) is 0 Å². The first kappa shape index (κ1) is 7.74. The zero-order valence-corrected chi connectivity index (χ0v) is 8.55. The van der Waals surface area contributed by atoms with E-state index in [1.165, 1.54) is 25.8 Å². The van der Waals surface area contributed by atoms with E-state index in [1.807, 2.05) is 6.92 Å². The predicted molar refractivity (Wildman–Crippen MR) is 53.1 cm³/mol. The first-order valence-corrected chi connectivity index (χ1v) is 5.73. The summed E-state index contributed by atoms with van der Waals surface area (Å²) in [5, 5.41) is 10.5. The molecular formula is C9H13N3S. The summed E-state index contributed by atoms with van der Waals surface area (Å²) < 4.78 is 0. The Balaban J connectivity index is 1.84. The summed E-state index contributed by atoms with van der Waals surface area (Å²) in [5.74, 6) is 0.970. The van der Waals surface area contributed by atoms with Crippen LogP contribution in [-0.2, 0) is 0 Å². The molecule has 1 saturated carbocycles. The van der Waals surface area contributed by atoms with Crippen molar-refractivity contribution in [3.05, 3.63) is 5.01 Å². The van der Waals surface area contributed by atoms with Gasteiger partial charge in [0.15, 0.2) is 0 Å². The Morgan fingerprint density at radius 1 is 1.46 bits per heavy atom. The Morgan fingerprint density at radius 3 is 3.15 bits per heavy atom. The van der Waals surface area contributed by atoms with E-state index in [1.54, 1.807) is 11.3 Å². The lowest BCUT2D eigenvalue weighted by atomic mass is 10.1. The fraction of sp³-hybridized carbons (Fsp3) is 0.778. The van der Waals surface area contributed by atoms with E-state index in [9.17, 15) is 0 Å². The quantitative estimate of drug-likeness (QED) is 0.684. The van der Waals surface area contributed by atoms with Crippen LogP contribution in [0, 0.1) is 12.8 Å². The van der Waals surface area contributed by atoms with Crippen LogP contribution in [0.15, 0.2) is 0 Å². The van der Waals surface area contributed by atoms with Crippen LogP contribution in [0.25, 0.3) is 0 Å². The molecule has 0 N–H and O–H groups in total. The van der Waals surface area contributed by atoms with E-state index in [0.717, 1.165) is 22.1 Å². The highest BCUT2D eigenvalue weighted by Gasteiger charge is 2.45. The summed E-state index contributed by atoms with van der Waals surface area (Å²) in [4.78, 5) is 2.46. The van der Waals surface area contributed by atoms with Gasteiger partial charge in [-0.15, -0.1) is 10.2 Å². The molecule has 2 aliphatic rings. The van der Waals surface area contributed by atoms with Crippen molar-refractivity contribution < 1.29 is 0 Å². The van der Waals surface area contributed by atoms with Crippen LogP contribution in [0.5, 0.6) is 0 Å². The average molecular weight is 195 g/mol. The highest BCUT2D eigenvalue weighted by molar-refractivity contribution is 7.15. The molecule has 1 aromatic heterocycles. The van der Waals surface area contributed by atoms with Crippen molar-refractivity contribution in [1.29, 1.82) is 0 Å². The minimum Gasteiger partial charge on any atom is -0.343 e. The van der Waals surface area contributed by atoms with Gasteiger partial charge < -0.3 is 4.90 Å². The van der Waals surface area contributed by atoms with Crippen molar-refractivity contribution in [2.75, 3.05) is 11.4 Å². The Labute approximate surface area is 81.8 Å². The summed E-state index contributed by atoms with van der Waals surface area (Å²) in [6, 6.07) is 0.807. The van der Waals surface area contributed by atoms with Crippen LogP contribution in [0.4, 0.5) is 5.13 Å². The molecule has 4 heteroatoms. The molecule has 0 spiro atoms. The topological polar surface area (TPSA) is 29.0 Å². The molecule has 13 heavy (non-hydrogen) atoms. The summed E-state index contributed by atoms with van der Waals surface area (Å²) in [7, 11) is 0. The van der Waals surface area contributed by atoms with Gasteiger partial charge in [0.2, 0.25) is 5.13 Å². The van der Waals surface area contributed by atoms with E-state index >= 15 is 0 Å². The number of piperidine rings is 1. The lowest BCUT2D eigenvalue weighted by Gasteiger charge is -2.25. The monoisotopic (exact) mass is 195 g/mol. The molecule has 2 atom stereocenters. The fourth-order valence-electron chi connectivity index (χ4n) is 2.25. The van der Waals surface area contributed by atoms with Gasteiger partial charge in [-0.1, -0.05) is 11.3 Å². The van der Waals surface area contributed by atoms with Crippen molar-refractivity contribution in [2.24, 2.45) is 5.92 Å². The number of aryl methyl sites for hydroxylation is 1. The molecule has 1 aliphatic heterocycles. The zero-order chi connectivity index (χ0) is 8.84. The van der Waals surface area contributed by atoms with Gasteiger partial charge in [-0.2, -0.15) is 0 Å². The molecule has 70 valence electrons. The van der Waals surface area contributed by atoms with E-state index in [2.05, 4.69) is 15.1 Å². The second-order valence-corrected chi connectivity index (χ2v) is 5.16. The molecular weight excluding hydrogens is 182 g/mol. The van der Waals surface area contributed by atoms with Crippen molar-refractivity contribution in [3.8, 4) is 0 Å². The molecule has 1 aliphatic carbocycles. The standard InChI is InChI=1S/C9H13N3S/c1-6-10-11-9(13-6)12-4-2-3-7-5-8(7)12/h7-8H,2-5H2,1H3. The predicted octanol–water partition coefficient (Wildman–Crippen LogP) is 1.84. The molecule has 1 saturated heterocycles. The van der Waals surface area contributed by atoms with Gasteiger partial charge in [0, 0.05) is 12.6 Å². The maximum absolute atomic E-state index is 4.21. The molecule has 2 fully saturated rings. The number of hydrogen-bond acceptors (Lipinski definition) is 4. The first-order chi connectivity index (χ1) is 6.34. The fourth-order valence-corrected chi connectivity index (χ4v) is 3.02. The van der Waals surface area contributed by atoms with Gasteiger partial charge in [0.1, 0.15) is 5.01 Å². The number of nitrogens with zero attached hydrogens (tertiary/aromatic N) is 3. The largest absolute Gasteiger partial charge is 0.343 e. The Bertz CT molecular complexity index is 322. The number of rotatable bonds is 1. The lowest BCUT2D eigenvalue weighted by molar-refractivity contribution is 0.557. The average Bonchev–Trinajstić information content (AvgIpc) is 2.81. The molecule has 3 nitrogen and oxygen atoms in total. The van der Waals surface area contributed by atoms with Gasteiger partial charge in [-0.3, -0.25) is 0 Å². The van der Waals surface area contributed by atoms with Gasteiger partial charge in [0.05, 0.1) is 0 Å². The highest BCUT2D eigenvalue weighted by Crippen LogP contribution is 2.45. The van der Waals surface area contributed by atoms with Crippen molar-refractivity contribution >= 4 is 16.5 Å². The molecule has 0 aromatic carbocycles. The van der Waals surface area contributed by atoms with Crippen LogP contribution in [-0.4, -0.2) is 22.8 Å². The molecule has 0 bridgehead atoms. The number of aromatic nitrogens is 2. The zero-order valence-electron chi connectivity index (χ0n) is 7.73. The first-order valence-electron chi connectivity index (χ1n) is 4.91. The highest BCUT2D eigenvalue weighted by atomic mass is 32.1. The third-order valence-corrected chi connectivity index (χ3v) is 3.90. The van der Waals surface area contributed by atoms with Crippen LogP contribution in [0.2, 0.25) is 0 Å². The van der Waals surface area contributed by atoms with Gasteiger partial charge in [-0.25, -0.2) is 0 Å². The molecule has 2 unspecified atom stereocenters. The second-order valence-electron chi connectivity index (χ2n) is 4.00. The van der Waals surface area contributed by atoms with Crippen LogP contribution in [0.1, 0.15) is 24.3 Å². The number of fused-ring (bicyclic) bond motifs is 1. The Kier molecular flexibility index (Phi) is 1.59. The SMILES string of the molecule is Cc1nnc(N2CCCC3CC32)s1. The van der Waals surface area contributed by atoms with Crippen LogP contribution >= 0.6 is 11.3 Å². The minimum atomic E-state index is 0.807. The summed E-state index contributed by atoms with van der Waals surface area (Å²) in [5.41, 5.74) is 0. The third-order valence-electron chi connectivity index (χ3n) is 3.02. The summed E-state index contributed by atoms with van der Waals surface area (Å²) in [6.45, 7) is 3.21. The minimum absolute atomic E-state index is 0.807. The number of anilines is 1. The normalized spacial score (nSPS) is 31.6. The molecule has 3 rings (SSSR count). The van der Waals surface area contributed by atoms with Crippen molar-refractivity contribution in [2.45, 2.75) is 32.2 Å². The van der Waals surface area contributed by atoms with Crippen LogP contribution in [0.3, 0.4) is 0 Å². The van der Waals surface area contributed by atoms with Crippen LogP contribution < -0.4 is 4.90 Å². The molecule has 1 aromatic rings. The van der Waals surface area contributed by atoms with Gasteiger partial charge in [0.25, 0.3) is 0 Å². The summed E-state index contributed by atoms with van der Waals surface area (Å²) >= 11 is 1.73. The maximum Gasteiger partial charge on any atom is 0.208 e. The second kappa shape index (κ2) is 2.67. The Hall–Kier alpha value is -0.640.